The Kier molecular flexibility index (Phi) is 6.43. The van der Waals surface area contributed by atoms with Crippen LogP contribution < -0.4 is 21.5 Å². The summed E-state index contributed by atoms with van der Waals surface area (Å²) in [5.74, 6) is -0.437. The molecule has 0 bridgehead atoms. The van der Waals surface area contributed by atoms with Crippen LogP contribution in [0.4, 0.5) is 10.1 Å². The number of fused-ring (bicyclic) bond motifs is 1. The molecule has 0 radical (unpaired) electrons. The van der Waals surface area contributed by atoms with Crippen molar-refractivity contribution < 1.29 is 9.18 Å². The fourth-order valence-corrected chi connectivity index (χ4v) is 5.01. The zero-order valence-electron chi connectivity index (χ0n) is 18.1. The first kappa shape index (κ1) is 22.2. The van der Waals surface area contributed by atoms with E-state index < -0.39 is 11.2 Å². The van der Waals surface area contributed by atoms with Crippen molar-refractivity contribution in [3.8, 4) is 0 Å². The Morgan fingerprint density at radius 3 is 2.53 bits per heavy atom. The van der Waals surface area contributed by atoms with Gasteiger partial charge in [0.25, 0.3) is 11.5 Å². The summed E-state index contributed by atoms with van der Waals surface area (Å²) in [7, 11) is 3.02. The molecule has 0 aliphatic carbocycles. The molecular weight excluding hydrogens is 433 g/mol. The number of hydrogen-bond donors (Lipinski definition) is 1. The maximum Gasteiger partial charge on any atom is 0.331 e. The predicted molar refractivity (Wildman–Crippen MR) is 124 cm³/mol. The highest BCUT2D eigenvalue weighted by atomic mass is 32.1. The third-order valence-corrected chi connectivity index (χ3v) is 7.06. The second-order valence-electron chi connectivity index (χ2n) is 7.92. The van der Waals surface area contributed by atoms with Crippen molar-refractivity contribution in [1.29, 1.82) is 0 Å². The van der Waals surface area contributed by atoms with Gasteiger partial charge in [0.1, 0.15) is 10.6 Å². The van der Waals surface area contributed by atoms with Crippen molar-refractivity contribution in [3.05, 3.63) is 61.9 Å². The number of hydrogen-bond acceptors (Lipinski definition) is 6. The SMILES string of the molecule is Cn1c(=O)c2cc(C(=O)NCCCN3CCN(c4ccccc4F)CC3)sc2n(C)c1=O. The lowest BCUT2D eigenvalue weighted by molar-refractivity contribution is 0.0955. The summed E-state index contributed by atoms with van der Waals surface area (Å²) in [6.45, 7) is 4.57. The van der Waals surface area contributed by atoms with Gasteiger partial charge in [-0.25, -0.2) is 9.18 Å². The number of halogens is 1. The molecule has 0 atom stereocenters. The van der Waals surface area contributed by atoms with E-state index >= 15 is 0 Å². The van der Waals surface area contributed by atoms with Crippen LogP contribution in [0.5, 0.6) is 0 Å². The first-order chi connectivity index (χ1) is 15.4. The van der Waals surface area contributed by atoms with E-state index in [1.54, 1.807) is 19.2 Å². The van der Waals surface area contributed by atoms with E-state index in [1.165, 1.54) is 17.7 Å². The normalized spacial score (nSPS) is 14.8. The van der Waals surface area contributed by atoms with Gasteiger partial charge in [-0.3, -0.25) is 23.6 Å². The molecule has 2 aromatic heterocycles. The number of carbonyl (C=O) groups is 1. The van der Waals surface area contributed by atoms with Crippen LogP contribution in [0.2, 0.25) is 0 Å². The summed E-state index contributed by atoms with van der Waals surface area (Å²) < 4.78 is 16.4. The number of carbonyl (C=O) groups excluding carboxylic acids is 1. The fourth-order valence-electron chi connectivity index (χ4n) is 3.99. The Morgan fingerprint density at radius 1 is 1.09 bits per heavy atom. The maximum atomic E-state index is 14.0. The lowest BCUT2D eigenvalue weighted by Gasteiger charge is -2.36. The number of anilines is 1. The Hall–Kier alpha value is -2.98. The first-order valence-electron chi connectivity index (χ1n) is 10.6. The number of nitrogens with one attached hydrogen (secondary N) is 1. The molecule has 1 amide bonds. The van der Waals surface area contributed by atoms with E-state index in [1.807, 2.05) is 12.1 Å². The maximum absolute atomic E-state index is 14.0. The van der Waals surface area contributed by atoms with Crippen LogP contribution >= 0.6 is 11.3 Å². The minimum absolute atomic E-state index is 0.192. The summed E-state index contributed by atoms with van der Waals surface area (Å²) in [5.41, 5.74) is -0.158. The Labute approximate surface area is 188 Å². The van der Waals surface area contributed by atoms with E-state index in [0.717, 1.165) is 55.0 Å². The van der Waals surface area contributed by atoms with Gasteiger partial charge in [-0.05, 0) is 31.2 Å². The van der Waals surface area contributed by atoms with E-state index in [2.05, 4.69) is 15.1 Å². The molecule has 3 heterocycles. The number of aryl methyl sites for hydroxylation is 1. The number of rotatable bonds is 6. The summed E-state index contributed by atoms with van der Waals surface area (Å²) in [4.78, 5) is 42.2. The fraction of sp³-hybridized carbons (Fsp3) is 0.409. The molecule has 1 N–H and O–H groups in total. The topological polar surface area (TPSA) is 79.6 Å². The summed E-state index contributed by atoms with van der Waals surface area (Å²) in [5, 5.41) is 3.27. The third kappa shape index (κ3) is 4.33. The average Bonchev–Trinajstić information content (AvgIpc) is 3.26. The predicted octanol–water partition coefficient (Wildman–Crippen LogP) is 1.38. The van der Waals surface area contributed by atoms with Gasteiger partial charge in [-0.2, -0.15) is 0 Å². The van der Waals surface area contributed by atoms with Crippen LogP contribution in [0.25, 0.3) is 10.2 Å². The van der Waals surface area contributed by atoms with E-state index in [9.17, 15) is 18.8 Å². The molecule has 4 rings (SSSR count). The number of nitrogens with zero attached hydrogens (tertiary/aromatic N) is 4. The van der Waals surface area contributed by atoms with E-state index in [0.29, 0.717) is 27.3 Å². The summed E-state index contributed by atoms with van der Waals surface area (Å²) in [6, 6.07) is 8.39. The molecule has 3 aromatic rings. The van der Waals surface area contributed by atoms with Gasteiger partial charge < -0.3 is 10.2 Å². The zero-order chi connectivity index (χ0) is 22.8. The van der Waals surface area contributed by atoms with Gasteiger partial charge in [0.15, 0.2) is 0 Å². The molecular formula is C22H26FN5O3S. The van der Waals surface area contributed by atoms with Gasteiger partial charge in [0.05, 0.1) is 16.0 Å². The van der Waals surface area contributed by atoms with Gasteiger partial charge in [0.2, 0.25) is 0 Å². The van der Waals surface area contributed by atoms with E-state index in [-0.39, 0.29) is 11.7 Å². The molecule has 0 unspecified atom stereocenters. The lowest BCUT2D eigenvalue weighted by atomic mass is 10.2. The third-order valence-electron chi connectivity index (χ3n) is 5.85. The molecule has 0 spiro atoms. The van der Waals surface area contributed by atoms with E-state index in [4.69, 9.17) is 0 Å². The van der Waals surface area contributed by atoms with Crippen molar-refractivity contribution >= 4 is 33.1 Å². The zero-order valence-corrected chi connectivity index (χ0v) is 19.0. The molecule has 0 saturated carbocycles. The lowest BCUT2D eigenvalue weighted by Crippen LogP contribution is -2.47. The van der Waals surface area contributed by atoms with Crippen molar-refractivity contribution in [2.75, 3.05) is 44.2 Å². The van der Waals surface area contributed by atoms with Gasteiger partial charge in [0, 0.05) is 46.8 Å². The highest BCUT2D eigenvalue weighted by Crippen LogP contribution is 2.22. The van der Waals surface area contributed by atoms with Crippen LogP contribution in [-0.4, -0.2) is 59.2 Å². The van der Waals surface area contributed by atoms with Crippen LogP contribution in [0.15, 0.2) is 39.9 Å². The van der Waals surface area contributed by atoms with Crippen LogP contribution in [0.1, 0.15) is 16.1 Å². The molecule has 1 aliphatic heterocycles. The largest absolute Gasteiger partial charge is 0.367 e. The number of amides is 1. The Morgan fingerprint density at radius 2 is 1.81 bits per heavy atom. The molecule has 170 valence electrons. The van der Waals surface area contributed by atoms with Crippen LogP contribution in [0, 0.1) is 5.82 Å². The molecule has 1 saturated heterocycles. The molecule has 1 fully saturated rings. The summed E-state index contributed by atoms with van der Waals surface area (Å²) >= 11 is 1.15. The van der Waals surface area contributed by atoms with Gasteiger partial charge >= 0.3 is 5.69 Å². The van der Waals surface area contributed by atoms with Crippen LogP contribution in [0.3, 0.4) is 0 Å². The smallest absolute Gasteiger partial charge is 0.331 e. The molecule has 10 heteroatoms. The molecule has 1 aliphatic rings. The molecule has 32 heavy (non-hydrogen) atoms. The molecule has 8 nitrogen and oxygen atoms in total. The number of piperazine rings is 1. The Balaban J connectivity index is 1.27. The standard InChI is InChI=1S/C22H26FN5O3S/c1-25-20(30)15-14-18(32-21(15)26(2)22(25)31)19(29)24-8-5-9-27-10-12-28(13-11-27)17-7-4-3-6-16(17)23/h3-4,6-7,14H,5,8-13H2,1-2H3,(H,24,29). The number of para-hydroxylation sites is 1. The Bertz CT molecular complexity index is 1260. The van der Waals surface area contributed by atoms with Gasteiger partial charge in [-0.1, -0.05) is 12.1 Å². The average molecular weight is 460 g/mol. The summed E-state index contributed by atoms with van der Waals surface area (Å²) in [6.07, 6.45) is 0.788. The second kappa shape index (κ2) is 9.25. The monoisotopic (exact) mass is 459 g/mol. The van der Waals surface area contributed by atoms with Crippen molar-refractivity contribution in [2.45, 2.75) is 6.42 Å². The second-order valence-corrected chi connectivity index (χ2v) is 8.96. The minimum Gasteiger partial charge on any atom is -0.367 e. The number of aromatic nitrogens is 2. The number of benzene rings is 1. The number of thiophene rings is 1. The van der Waals surface area contributed by atoms with Crippen molar-refractivity contribution in [1.82, 2.24) is 19.4 Å². The van der Waals surface area contributed by atoms with Crippen molar-refractivity contribution in [2.24, 2.45) is 14.1 Å². The van der Waals surface area contributed by atoms with Gasteiger partial charge in [-0.15, -0.1) is 11.3 Å². The molecule has 1 aromatic carbocycles. The van der Waals surface area contributed by atoms with Crippen LogP contribution in [-0.2, 0) is 14.1 Å². The highest BCUT2D eigenvalue weighted by molar-refractivity contribution is 7.20. The highest BCUT2D eigenvalue weighted by Gasteiger charge is 2.19. The quantitative estimate of drug-likeness (QED) is 0.564. The first-order valence-corrected chi connectivity index (χ1v) is 11.4. The van der Waals surface area contributed by atoms with Crippen molar-refractivity contribution in [3.63, 3.8) is 0 Å². The minimum atomic E-state index is -0.411.